The number of imidazole rings is 1. The van der Waals surface area contributed by atoms with E-state index in [1.807, 2.05) is 80.6 Å². The maximum absolute atomic E-state index is 13.9. The van der Waals surface area contributed by atoms with Gasteiger partial charge in [-0.25, -0.2) is 14.6 Å². The fourth-order valence-electron chi connectivity index (χ4n) is 6.06. The summed E-state index contributed by atoms with van der Waals surface area (Å²) in [4.78, 5) is 40.6. The Labute approximate surface area is 279 Å². The molecule has 2 aromatic carbocycles. The Bertz CT molecular complexity index is 2090. The summed E-state index contributed by atoms with van der Waals surface area (Å²) in [5.74, 6) is 5.02. The van der Waals surface area contributed by atoms with E-state index >= 15 is 0 Å². The third-order valence-corrected chi connectivity index (χ3v) is 8.15. The van der Waals surface area contributed by atoms with Crippen molar-refractivity contribution >= 4 is 28.7 Å². The van der Waals surface area contributed by atoms with Crippen LogP contribution >= 0.6 is 0 Å². The monoisotopic (exact) mass is 637 g/mol. The van der Waals surface area contributed by atoms with Crippen LogP contribution in [0.2, 0.25) is 0 Å². The second-order valence-corrected chi connectivity index (χ2v) is 11.3. The molecule has 48 heavy (non-hydrogen) atoms. The summed E-state index contributed by atoms with van der Waals surface area (Å²) in [5.41, 5.74) is 7.10. The van der Waals surface area contributed by atoms with Gasteiger partial charge in [0, 0.05) is 47.0 Å². The van der Waals surface area contributed by atoms with Crippen LogP contribution in [-0.2, 0) is 25.5 Å². The molecule has 1 N–H and O–H groups in total. The third kappa shape index (κ3) is 6.88. The lowest BCUT2D eigenvalue weighted by Crippen LogP contribution is -2.34. The standard InChI is InChI=1S/C39H35N5O4/c1-4-47-39(46)36-32(18-17-28-11-6-5-7-12-28)35(38(45)48-22-10-14-29-13-9-20-40-24-29)26(2)42-37(36)30-15-8-16-31(23-30)44-27(3)43-33-25-41-21-19-34(33)44/h5-9,11-13,15-16,19-21,23-25,32,42H,4,17-18,22H2,1-3H3. The van der Waals surface area contributed by atoms with Crippen molar-refractivity contribution in [2.75, 3.05) is 13.2 Å². The normalized spacial score (nSPS) is 14.3. The second-order valence-electron chi connectivity index (χ2n) is 11.3. The smallest absolute Gasteiger partial charge is 0.337 e. The predicted octanol–water partition coefficient (Wildman–Crippen LogP) is 6.12. The van der Waals surface area contributed by atoms with E-state index in [0.29, 0.717) is 35.4 Å². The highest BCUT2D eigenvalue weighted by atomic mass is 16.5. The molecule has 0 radical (unpaired) electrons. The molecule has 9 heteroatoms. The molecule has 0 saturated carbocycles. The summed E-state index contributed by atoms with van der Waals surface area (Å²) in [5, 5.41) is 3.40. The molecule has 0 aliphatic carbocycles. The number of allylic oxidation sites excluding steroid dienone is 1. The van der Waals surface area contributed by atoms with Crippen LogP contribution in [0.5, 0.6) is 0 Å². The molecular formula is C39H35N5O4. The minimum Gasteiger partial charge on any atom is -0.463 e. The molecule has 1 aliphatic rings. The van der Waals surface area contributed by atoms with Crippen molar-refractivity contribution in [3.05, 3.63) is 137 Å². The molecule has 4 heterocycles. The summed E-state index contributed by atoms with van der Waals surface area (Å²) in [6.07, 6.45) is 7.90. The predicted molar refractivity (Wildman–Crippen MR) is 183 cm³/mol. The highest BCUT2D eigenvalue weighted by molar-refractivity contribution is 6.03. The van der Waals surface area contributed by atoms with Gasteiger partial charge in [-0.1, -0.05) is 54.3 Å². The number of ether oxygens (including phenoxy) is 2. The van der Waals surface area contributed by atoms with Crippen molar-refractivity contribution in [1.29, 1.82) is 0 Å². The maximum Gasteiger partial charge on any atom is 0.337 e. The number of rotatable bonds is 9. The van der Waals surface area contributed by atoms with Crippen molar-refractivity contribution in [2.45, 2.75) is 33.6 Å². The molecule has 1 unspecified atom stereocenters. The molecule has 1 aliphatic heterocycles. The number of pyridine rings is 2. The van der Waals surface area contributed by atoms with Crippen LogP contribution in [0.1, 0.15) is 42.8 Å². The fourth-order valence-corrected chi connectivity index (χ4v) is 6.06. The molecule has 0 spiro atoms. The molecule has 0 amide bonds. The first-order valence-corrected chi connectivity index (χ1v) is 15.8. The summed E-state index contributed by atoms with van der Waals surface area (Å²) in [6.45, 7) is 5.62. The number of nitrogens with zero attached hydrogens (tertiary/aromatic N) is 4. The van der Waals surface area contributed by atoms with Gasteiger partial charge >= 0.3 is 11.9 Å². The average Bonchev–Trinajstić information content (AvgIpc) is 3.45. The minimum absolute atomic E-state index is 0.114. The number of esters is 2. The second kappa shape index (κ2) is 14.6. The van der Waals surface area contributed by atoms with E-state index in [1.165, 1.54) is 0 Å². The van der Waals surface area contributed by atoms with E-state index in [2.05, 4.69) is 36.7 Å². The largest absolute Gasteiger partial charge is 0.463 e. The lowest BCUT2D eigenvalue weighted by Gasteiger charge is -2.31. The van der Waals surface area contributed by atoms with Crippen LogP contribution in [-0.4, -0.2) is 44.7 Å². The van der Waals surface area contributed by atoms with E-state index in [0.717, 1.165) is 39.2 Å². The first kappa shape index (κ1) is 32.0. The summed E-state index contributed by atoms with van der Waals surface area (Å²) >= 11 is 0. The number of hydrogen-bond donors (Lipinski definition) is 1. The zero-order valence-electron chi connectivity index (χ0n) is 27.1. The van der Waals surface area contributed by atoms with E-state index in [4.69, 9.17) is 9.47 Å². The number of carbonyl (C=O) groups is 2. The minimum atomic E-state index is -0.607. The Morgan fingerprint density at radius 2 is 1.71 bits per heavy atom. The lowest BCUT2D eigenvalue weighted by molar-refractivity contribution is -0.139. The number of benzene rings is 2. The van der Waals surface area contributed by atoms with Gasteiger partial charge in [0.05, 0.1) is 35.2 Å². The van der Waals surface area contributed by atoms with Gasteiger partial charge in [0.25, 0.3) is 0 Å². The van der Waals surface area contributed by atoms with E-state index < -0.39 is 17.9 Å². The number of carbonyl (C=O) groups excluding carboxylic acids is 2. The van der Waals surface area contributed by atoms with Gasteiger partial charge in [-0.15, -0.1) is 0 Å². The number of aryl methyl sites for hydroxylation is 2. The van der Waals surface area contributed by atoms with Crippen LogP contribution in [0, 0.1) is 24.7 Å². The molecule has 5 aromatic rings. The van der Waals surface area contributed by atoms with Crippen molar-refractivity contribution < 1.29 is 19.1 Å². The quantitative estimate of drug-likeness (QED) is 0.152. The molecule has 6 rings (SSSR count). The molecule has 240 valence electrons. The van der Waals surface area contributed by atoms with Gasteiger partial charge in [-0.2, -0.15) is 0 Å². The Morgan fingerprint density at radius 1 is 0.896 bits per heavy atom. The summed E-state index contributed by atoms with van der Waals surface area (Å²) in [6, 6.07) is 23.4. The van der Waals surface area contributed by atoms with Gasteiger partial charge in [-0.05, 0) is 69.5 Å². The van der Waals surface area contributed by atoms with Crippen molar-refractivity contribution in [1.82, 2.24) is 24.8 Å². The van der Waals surface area contributed by atoms with E-state index in [1.54, 1.807) is 37.8 Å². The number of hydrogen-bond acceptors (Lipinski definition) is 8. The SMILES string of the molecule is CCOC(=O)C1=C(c2cccc(-n3c(C)nc4cnccc43)c2)NC(C)=C(C(=O)OCC#Cc2cccnc2)C1CCc1ccccc1. The Kier molecular flexibility index (Phi) is 9.72. The van der Waals surface area contributed by atoms with E-state index in [9.17, 15) is 9.59 Å². The van der Waals surface area contributed by atoms with Gasteiger partial charge in [0.1, 0.15) is 11.3 Å². The van der Waals surface area contributed by atoms with Gasteiger partial charge in [0.2, 0.25) is 0 Å². The molecule has 0 bridgehead atoms. The average molecular weight is 638 g/mol. The zero-order chi connectivity index (χ0) is 33.5. The van der Waals surface area contributed by atoms with E-state index in [-0.39, 0.29) is 13.2 Å². The first-order chi connectivity index (χ1) is 23.4. The first-order valence-electron chi connectivity index (χ1n) is 15.8. The highest BCUT2D eigenvalue weighted by Gasteiger charge is 2.38. The molecule has 9 nitrogen and oxygen atoms in total. The Morgan fingerprint density at radius 3 is 2.50 bits per heavy atom. The Hall–Kier alpha value is -6.01. The van der Waals surface area contributed by atoms with Gasteiger partial charge < -0.3 is 14.8 Å². The number of nitrogens with one attached hydrogen (secondary N) is 1. The molecule has 3 aromatic heterocycles. The van der Waals surface area contributed by atoms with Crippen LogP contribution in [0.25, 0.3) is 22.4 Å². The van der Waals surface area contributed by atoms with Gasteiger partial charge in [0.15, 0.2) is 6.61 Å². The lowest BCUT2D eigenvalue weighted by atomic mass is 9.80. The van der Waals surface area contributed by atoms with Crippen LogP contribution < -0.4 is 5.32 Å². The van der Waals surface area contributed by atoms with Crippen molar-refractivity contribution in [3.63, 3.8) is 0 Å². The maximum atomic E-state index is 13.9. The Balaban J connectivity index is 1.40. The number of dihydropyridines is 1. The van der Waals surface area contributed by atoms with Gasteiger partial charge in [-0.3, -0.25) is 14.5 Å². The molecule has 1 atom stereocenters. The zero-order valence-corrected chi connectivity index (χ0v) is 27.1. The topological polar surface area (TPSA) is 108 Å². The molecule has 0 saturated heterocycles. The number of aromatic nitrogens is 4. The molecular weight excluding hydrogens is 602 g/mol. The van der Waals surface area contributed by atoms with Crippen molar-refractivity contribution in [2.24, 2.45) is 5.92 Å². The summed E-state index contributed by atoms with van der Waals surface area (Å²) < 4.78 is 13.4. The third-order valence-electron chi connectivity index (χ3n) is 8.15. The summed E-state index contributed by atoms with van der Waals surface area (Å²) in [7, 11) is 0. The fraction of sp³-hybridized carbons (Fsp3) is 0.205. The van der Waals surface area contributed by atoms with Crippen LogP contribution in [0.4, 0.5) is 0 Å². The highest BCUT2D eigenvalue weighted by Crippen LogP contribution is 2.38. The molecule has 0 fully saturated rings. The van der Waals surface area contributed by atoms with Crippen LogP contribution in [0.3, 0.4) is 0 Å². The van der Waals surface area contributed by atoms with Crippen molar-refractivity contribution in [3.8, 4) is 17.5 Å². The number of fused-ring (bicyclic) bond motifs is 1. The van der Waals surface area contributed by atoms with Crippen LogP contribution in [0.15, 0.2) is 114 Å².